The Hall–Kier alpha value is -0.910. The summed E-state index contributed by atoms with van der Waals surface area (Å²) in [5.41, 5.74) is -0.504. The number of carbonyl (C=O) groups is 2. The van der Waals surface area contributed by atoms with Gasteiger partial charge in [-0.05, 0) is 18.8 Å². The van der Waals surface area contributed by atoms with E-state index in [2.05, 4.69) is 5.32 Å². The van der Waals surface area contributed by atoms with Gasteiger partial charge in [0.05, 0.1) is 6.61 Å². The number of nitrogens with one attached hydrogen (secondary N) is 1. The summed E-state index contributed by atoms with van der Waals surface area (Å²) in [6.45, 7) is 9.74. The van der Waals surface area contributed by atoms with Crippen molar-refractivity contribution in [2.75, 3.05) is 19.4 Å². The largest absolute Gasteiger partial charge is 0.465 e. The van der Waals surface area contributed by atoms with Crippen LogP contribution in [0, 0.1) is 11.3 Å². The van der Waals surface area contributed by atoms with Gasteiger partial charge in [-0.3, -0.25) is 13.8 Å². The minimum atomic E-state index is -0.908. The standard InChI is InChI=1S/C14H27NO4S/c1-7-19-13(17)11(14(3,4)5)12(16)15-9-8-10(2)20(6)18/h10-11H,7-9H2,1-6H3,(H,15,16). The van der Waals surface area contributed by atoms with Crippen molar-refractivity contribution < 1.29 is 18.5 Å². The molecule has 0 aromatic heterocycles. The molecule has 1 N–H and O–H groups in total. The summed E-state index contributed by atoms with van der Waals surface area (Å²) in [6.07, 6.45) is 2.26. The molecular formula is C14H27NO4S. The molecule has 0 spiro atoms. The van der Waals surface area contributed by atoms with Crippen LogP contribution < -0.4 is 5.32 Å². The smallest absolute Gasteiger partial charge is 0.319 e. The summed E-state index contributed by atoms with van der Waals surface area (Å²) in [5.74, 6) is -1.65. The highest BCUT2D eigenvalue weighted by atomic mass is 32.2. The van der Waals surface area contributed by atoms with Crippen molar-refractivity contribution in [3.05, 3.63) is 0 Å². The summed E-state index contributed by atoms with van der Waals surface area (Å²) in [6, 6.07) is 0. The molecule has 20 heavy (non-hydrogen) atoms. The van der Waals surface area contributed by atoms with E-state index in [1.54, 1.807) is 13.2 Å². The monoisotopic (exact) mass is 305 g/mol. The third kappa shape index (κ3) is 6.50. The van der Waals surface area contributed by atoms with Gasteiger partial charge in [0.25, 0.3) is 0 Å². The molecule has 118 valence electrons. The van der Waals surface area contributed by atoms with Crippen LogP contribution in [0.1, 0.15) is 41.0 Å². The molecule has 1 amide bonds. The Balaban J connectivity index is 4.58. The lowest BCUT2D eigenvalue weighted by Crippen LogP contribution is -2.44. The van der Waals surface area contributed by atoms with E-state index in [1.165, 1.54) is 0 Å². The minimum absolute atomic E-state index is 0.0194. The van der Waals surface area contributed by atoms with Gasteiger partial charge in [-0.15, -0.1) is 0 Å². The molecule has 0 aliphatic rings. The third-order valence-corrected chi connectivity index (χ3v) is 4.44. The fourth-order valence-corrected chi connectivity index (χ4v) is 2.20. The van der Waals surface area contributed by atoms with Crippen LogP contribution in [-0.2, 0) is 25.1 Å². The lowest BCUT2D eigenvalue weighted by atomic mass is 9.80. The molecule has 0 fully saturated rings. The predicted octanol–water partition coefficient (Wildman–Crippen LogP) is 1.49. The van der Waals surface area contributed by atoms with E-state index < -0.39 is 28.1 Å². The Morgan fingerprint density at radius 2 is 1.85 bits per heavy atom. The average molecular weight is 305 g/mol. The fourth-order valence-electron chi connectivity index (χ4n) is 1.75. The summed E-state index contributed by atoms with van der Waals surface area (Å²) in [4.78, 5) is 24.1. The Morgan fingerprint density at radius 3 is 2.25 bits per heavy atom. The molecule has 0 bridgehead atoms. The van der Waals surface area contributed by atoms with Crippen molar-refractivity contribution in [3.8, 4) is 0 Å². The van der Waals surface area contributed by atoms with Crippen LogP contribution in [0.3, 0.4) is 0 Å². The van der Waals surface area contributed by atoms with E-state index in [1.807, 2.05) is 27.7 Å². The van der Waals surface area contributed by atoms with E-state index in [-0.39, 0.29) is 17.8 Å². The second-order valence-electron chi connectivity index (χ2n) is 5.94. The summed E-state index contributed by atoms with van der Waals surface area (Å²) in [5, 5.41) is 2.76. The molecule has 3 unspecified atom stereocenters. The SMILES string of the molecule is CCOC(=O)C(C(=O)NCCC(C)S(C)=O)C(C)(C)C. The van der Waals surface area contributed by atoms with Gasteiger partial charge in [-0.25, -0.2) is 0 Å². The minimum Gasteiger partial charge on any atom is -0.465 e. The highest BCUT2D eigenvalue weighted by Gasteiger charge is 2.38. The quantitative estimate of drug-likeness (QED) is 0.571. The summed E-state index contributed by atoms with van der Waals surface area (Å²) < 4.78 is 16.2. The number of amides is 1. The van der Waals surface area contributed by atoms with Crippen LogP contribution >= 0.6 is 0 Å². The normalized spacial score (nSPS) is 16.1. The van der Waals surface area contributed by atoms with Crippen LogP contribution in [0.15, 0.2) is 0 Å². The van der Waals surface area contributed by atoms with Gasteiger partial charge in [0.15, 0.2) is 0 Å². The zero-order valence-electron chi connectivity index (χ0n) is 13.3. The summed E-state index contributed by atoms with van der Waals surface area (Å²) in [7, 11) is -0.908. The van der Waals surface area contributed by atoms with Crippen molar-refractivity contribution in [3.63, 3.8) is 0 Å². The zero-order chi connectivity index (χ0) is 15.9. The first-order valence-electron chi connectivity index (χ1n) is 6.87. The maximum atomic E-state index is 12.2. The van der Waals surface area contributed by atoms with Crippen molar-refractivity contribution in [1.29, 1.82) is 0 Å². The van der Waals surface area contributed by atoms with Crippen LogP contribution in [-0.4, -0.2) is 40.7 Å². The fraction of sp³-hybridized carbons (Fsp3) is 0.857. The maximum Gasteiger partial charge on any atom is 0.319 e. The van der Waals surface area contributed by atoms with Crippen molar-refractivity contribution in [2.45, 2.75) is 46.3 Å². The Bertz CT molecular complexity index is 363. The topological polar surface area (TPSA) is 72.5 Å². The third-order valence-electron chi connectivity index (χ3n) is 3.07. The second-order valence-corrected chi connectivity index (χ2v) is 7.74. The van der Waals surface area contributed by atoms with Gasteiger partial charge in [-0.2, -0.15) is 0 Å². The maximum absolute atomic E-state index is 12.2. The molecule has 0 saturated heterocycles. The number of ether oxygens (including phenoxy) is 1. The number of carbonyl (C=O) groups excluding carboxylic acids is 2. The first-order valence-corrected chi connectivity index (χ1v) is 8.50. The van der Waals surface area contributed by atoms with Gasteiger partial charge < -0.3 is 10.1 Å². The van der Waals surface area contributed by atoms with Gasteiger partial charge >= 0.3 is 5.97 Å². The van der Waals surface area contributed by atoms with Crippen LogP contribution in [0.4, 0.5) is 0 Å². The first kappa shape index (κ1) is 19.1. The lowest BCUT2D eigenvalue weighted by molar-refractivity contribution is -0.156. The first-order chi connectivity index (χ1) is 9.11. The molecular weight excluding hydrogens is 278 g/mol. The zero-order valence-corrected chi connectivity index (χ0v) is 14.1. The Kier molecular flexibility index (Phi) is 8.01. The predicted molar refractivity (Wildman–Crippen MR) is 80.7 cm³/mol. The summed E-state index contributed by atoms with van der Waals surface area (Å²) >= 11 is 0. The molecule has 0 heterocycles. The average Bonchev–Trinajstić information content (AvgIpc) is 2.26. The van der Waals surface area contributed by atoms with E-state index in [0.717, 1.165) is 0 Å². The van der Waals surface area contributed by atoms with Gasteiger partial charge in [0, 0.05) is 28.9 Å². The molecule has 3 atom stereocenters. The van der Waals surface area contributed by atoms with Gasteiger partial charge in [0.2, 0.25) is 5.91 Å². The second kappa shape index (κ2) is 8.39. The van der Waals surface area contributed by atoms with E-state index in [0.29, 0.717) is 13.0 Å². The molecule has 0 rings (SSSR count). The highest BCUT2D eigenvalue weighted by Crippen LogP contribution is 2.27. The molecule has 0 aromatic rings. The van der Waals surface area contributed by atoms with Crippen molar-refractivity contribution in [2.24, 2.45) is 11.3 Å². The molecule has 0 aliphatic carbocycles. The van der Waals surface area contributed by atoms with E-state index in [9.17, 15) is 13.8 Å². The lowest BCUT2D eigenvalue weighted by Gasteiger charge is -2.27. The highest BCUT2D eigenvalue weighted by molar-refractivity contribution is 7.84. The van der Waals surface area contributed by atoms with Crippen molar-refractivity contribution in [1.82, 2.24) is 5.32 Å². The molecule has 5 nitrogen and oxygen atoms in total. The van der Waals surface area contributed by atoms with Crippen molar-refractivity contribution >= 4 is 22.7 Å². The van der Waals surface area contributed by atoms with Gasteiger partial charge in [-0.1, -0.05) is 27.7 Å². The Morgan fingerprint density at radius 1 is 1.30 bits per heavy atom. The van der Waals surface area contributed by atoms with E-state index in [4.69, 9.17) is 4.74 Å². The number of hydrogen-bond acceptors (Lipinski definition) is 4. The van der Waals surface area contributed by atoms with Gasteiger partial charge in [0.1, 0.15) is 5.92 Å². The molecule has 0 radical (unpaired) electrons. The van der Waals surface area contributed by atoms with Crippen LogP contribution in [0.25, 0.3) is 0 Å². The Labute approximate surface area is 124 Å². The van der Waals surface area contributed by atoms with Crippen LogP contribution in [0.5, 0.6) is 0 Å². The number of hydrogen-bond donors (Lipinski definition) is 1. The molecule has 0 aromatic carbocycles. The number of rotatable bonds is 7. The molecule has 0 aliphatic heterocycles. The van der Waals surface area contributed by atoms with E-state index >= 15 is 0 Å². The number of esters is 1. The molecule has 6 heteroatoms. The molecule has 0 saturated carbocycles. The van der Waals surface area contributed by atoms with Crippen LogP contribution in [0.2, 0.25) is 0 Å².